The zero-order chi connectivity index (χ0) is 13.8. The molecule has 10 heteroatoms. The highest BCUT2D eigenvalue weighted by Crippen LogP contribution is 2.13. The number of aliphatic carboxylic acids is 1. The molecule has 0 unspecified atom stereocenters. The molecule has 2 heterocycles. The number of hydrogen-bond donors (Lipinski definition) is 2. The first kappa shape index (κ1) is 13.1. The monoisotopic (exact) mass is 282 g/mol. The fourth-order valence-corrected chi connectivity index (χ4v) is 1.95. The van der Waals surface area contributed by atoms with Crippen LogP contribution in [0.15, 0.2) is 6.20 Å². The molecule has 0 aliphatic carbocycles. The minimum absolute atomic E-state index is 0.124. The Morgan fingerprint density at radius 3 is 2.89 bits per heavy atom. The van der Waals surface area contributed by atoms with Crippen LogP contribution in [0.25, 0.3) is 0 Å². The van der Waals surface area contributed by atoms with Gasteiger partial charge < -0.3 is 5.11 Å². The van der Waals surface area contributed by atoms with Gasteiger partial charge in [-0.25, -0.2) is 4.68 Å². The maximum atomic E-state index is 11.7. The van der Waals surface area contributed by atoms with E-state index in [2.05, 4.69) is 25.8 Å². The van der Waals surface area contributed by atoms with Crippen molar-refractivity contribution in [2.45, 2.75) is 19.9 Å². The highest BCUT2D eigenvalue weighted by molar-refractivity contribution is 7.15. The second kappa shape index (κ2) is 5.52. The lowest BCUT2D eigenvalue weighted by atomic mass is 10.3. The van der Waals surface area contributed by atoms with Crippen molar-refractivity contribution in [1.82, 2.24) is 25.2 Å². The SMILES string of the molecule is Cc1nnc(NC(=O)Cn2nncc2CC(=O)O)s1. The van der Waals surface area contributed by atoms with Crippen molar-refractivity contribution in [3.8, 4) is 0 Å². The number of hydrogen-bond acceptors (Lipinski definition) is 7. The summed E-state index contributed by atoms with van der Waals surface area (Å²) >= 11 is 1.25. The van der Waals surface area contributed by atoms with E-state index in [0.717, 1.165) is 5.01 Å². The van der Waals surface area contributed by atoms with Crippen molar-refractivity contribution in [1.29, 1.82) is 0 Å². The third-order valence-electron chi connectivity index (χ3n) is 2.10. The second-order valence-electron chi connectivity index (χ2n) is 3.63. The largest absolute Gasteiger partial charge is 0.481 e. The zero-order valence-corrected chi connectivity index (χ0v) is 10.7. The summed E-state index contributed by atoms with van der Waals surface area (Å²) in [5.41, 5.74) is 0.357. The van der Waals surface area contributed by atoms with Gasteiger partial charge in [-0.1, -0.05) is 16.6 Å². The van der Waals surface area contributed by atoms with Gasteiger partial charge in [-0.15, -0.1) is 15.3 Å². The van der Waals surface area contributed by atoms with Crippen molar-refractivity contribution < 1.29 is 14.7 Å². The molecule has 2 aromatic rings. The Kier molecular flexibility index (Phi) is 3.80. The molecule has 2 N–H and O–H groups in total. The van der Waals surface area contributed by atoms with Crippen LogP contribution in [0.2, 0.25) is 0 Å². The van der Waals surface area contributed by atoms with Crippen LogP contribution < -0.4 is 5.32 Å². The third-order valence-corrected chi connectivity index (χ3v) is 2.85. The summed E-state index contributed by atoms with van der Waals surface area (Å²) in [6, 6.07) is 0. The lowest BCUT2D eigenvalue weighted by Gasteiger charge is -2.03. The average Bonchev–Trinajstić information content (AvgIpc) is 2.88. The Balaban J connectivity index is 1.99. The first-order valence-electron chi connectivity index (χ1n) is 5.23. The second-order valence-corrected chi connectivity index (χ2v) is 4.81. The summed E-state index contributed by atoms with van der Waals surface area (Å²) in [5, 5.41) is 27.1. The number of carboxylic acid groups (broad SMARTS) is 1. The van der Waals surface area contributed by atoms with E-state index in [1.807, 2.05) is 0 Å². The molecule has 2 rings (SSSR count). The van der Waals surface area contributed by atoms with Gasteiger partial charge in [0.15, 0.2) is 0 Å². The van der Waals surface area contributed by atoms with Crippen LogP contribution in [0.1, 0.15) is 10.7 Å². The van der Waals surface area contributed by atoms with E-state index >= 15 is 0 Å². The van der Waals surface area contributed by atoms with E-state index in [1.54, 1.807) is 6.92 Å². The molecular weight excluding hydrogens is 272 g/mol. The number of amides is 1. The average molecular weight is 282 g/mol. The first-order chi connectivity index (χ1) is 9.04. The normalized spacial score (nSPS) is 10.4. The van der Waals surface area contributed by atoms with Gasteiger partial charge in [0.1, 0.15) is 11.6 Å². The Bertz CT molecular complexity index is 607. The molecule has 0 bridgehead atoms. The number of aryl methyl sites for hydroxylation is 1. The number of aromatic nitrogens is 5. The fraction of sp³-hybridized carbons (Fsp3) is 0.333. The predicted octanol–water partition coefficient (Wildman–Crippen LogP) is -0.296. The van der Waals surface area contributed by atoms with Gasteiger partial charge in [0.25, 0.3) is 0 Å². The molecule has 0 saturated heterocycles. The molecule has 0 aromatic carbocycles. The number of nitrogens with zero attached hydrogens (tertiary/aromatic N) is 5. The highest BCUT2D eigenvalue weighted by Gasteiger charge is 2.13. The maximum Gasteiger partial charge on any atom is 0.309 e. The van der Waals surface area contributed by atoms with Crippen LogP contribution in [0.5, 0.6) is 0 Å². The van der Waals surface area contributed by atoms with Gasteiger partial charge in [-0.3, -0.25) is 14.9 Å². The lowest BCUT2D eigenvalue weighted by molar-refractivity contribution is -0.136. The molecule has 100 valence electrons. The van der Waals surface area contributed by atoms with Gasteiger partial charge >= 0.3 is 5.97 Å². The van der Waals surface area contributed by atoms with Crippen LogP contribution in [0.4, 0.5) is 5.13 Å². The molecule has 1 amide bonds. The van der Waals surface area contributed by atoms with Crippen LogP contribution in [-0.2, 0) is 22.6 Å². The number of rotatable bonds is 5. The van der Waals surface area contributed by atoms with Crippen LogP contribution in [0, 0.1) is 6.92 Å². The van der Waals surface area contributed by atoms with Gasteiger partial charge in [-0.05, 0) is 6.92 Å². The highest BCUT2D eigenvalue weighted by atomic mass is 32.1. The summed E-state index contributed by atoms with van der Waals surface area (Å²) in [7, 11) is 0. The molecule has 0 spiro atoms. The third kappa shape index (κ3) is 3.55. The van der Waals surface area contributed by atoms with Crippen molar-refractivity contribution in [3.63, 3.8) is 0 Å². The smallest absolute Gasteiger partial charge is 0.309 e. The molecule has 2 aromatic heterocycles. The van der Waals surface area contributed by atoms with Crippen molar-refractivity contribution in [2.24, 2.45) is 0 Å². The zero-order valence-electron chi connectivity index (χ0n) is 9.90. The fourth-order valence-electron chi connectivity index (χ4n) is 1.35. The van der Waals surface area contributed by atoms with E-state index in [9.17, 15) is 9.59 Å². The van der Waals surface area contributed by atoms with E-state index in [0.29, 0.717) is 10.8 Å². The van der Waals surface area contributed by atoms with E-state index in [-0.39, 0.29) is 18.9 Å². The summed E-state index contributed by atoms with van der Waals surface area (Å²) in [6.07, 6.45) is 1.08. The summed E-state index contributed by atoms with van der Waals surface area (Å²) < 4.78 is 1.23. The summed E-state index contributed by atoms with van der Waals surface area (Å²) in [6.45, 7) is 1.65. The minimum Gasteiger partial charge on any atom is -0.481 e. The first-order valence-corrected chi connectivity index (χ1v) is 6.05. The molecule has 0 aliphatic rings. The maximum absolute atomic E-state index is 11.7. The number of carbonyl (C=O) groups excluding carboxylic acids is 1. The van der Waals surface area contributed by atoms with Gasteiger partial charge in [0.05, 0.1) is 18.3 Å². The molecule has 9 nitrogen and oxygen atoms in total. The molecule has 0 fully saturated rings. The Morgan fingerprint density at radius 1 is 1.47 bits per heavy atom. The molecule has 0 saturated carbocycles. The molecule has 0 atom stereocenters. The van der Waals surface area contributed by atoms with Crippen LogP contribution in [-0.4, -0.2) is 42.2 Å². The standard InChI is InChI=1S/C9H10N6O3S/c1-5-12-13-9(19-5)11-7(16)4-15-6(2-8(17)18)3-10-14-15/h3H,2,4H2,1H3,(H,17,18)(H,11,13,16). The van der Waals surface area contributed by atoms with E-state index in [1.165, 1.54) is 22.2 Å². The van der Waals surface area contributed by atoms with Crippen LogP contribution >= 0.6 is 11.3 Å². The van der Waals surface area contributed by atoms with E-state index < -0.39 is 5.97 Å². The molecule has 0 aliphatic heterocycles. The van der Waals surface area contributed by atoms with Crippen LogP contribution in [0.3, 0.4) is 0 Å². The summed E-state index contributed by atoms with van der Waals surface area (Å²) in [5.74, 6) is -1.38. The number of nitrogens with one attached hydrogen (secondary N) is 1. The topological polar surface area (TPSA) is 123 Å². The quantitative estimate of drug-likeness (QED) is 0.771. The minimum atomic E-state index is -1.01. The van der Waals surface area contributed by atoms with Crippen molar-refractivity contribution in [2.75, 3.05) is 5.32 Å². The lowest BCUT2D eigenvalue weighted by Crippen LogP contribution is -2.21. The Labute approximate surface area is 111 Å². The van der Waals surface area contributed by atoms with Gasteiger partial charge in [-0.2, -0.15) is 0 Å². The number of carboxylic acids is 1. The molecular formula is C9H10N6O3S. The molecule has 0 radical (unpaired) electrons. The summed E-state index contributed by atoms with van der Waals surface area (Å²) in [4.78, 5) is 22.3. The number of anilines is 1. The van der Waals surface area contributed by atoms with Gasteiger partial charge in [0.2, 0.25) is 11.0 Å². The number of carbonyl (C=O) groups is 2. The Hall–Kier alpha value is -2.36. The van der Waals surface area contributed by atoms with Crippen molar-refractivity contribution >= 4 is 28.3 Å². The van der Waals surface area contributed by atoms with Gasteiger partial charge in [0, 0.05) is 0 Å². The van der Waals surface area contributed by atoms with Crippen molar-refractivity contribution in [3.05, 3.63) is 16.9 Å². The Morgan fingerprint density at radius 2 is 2.26 bits per heavy atom. The molecule has 19 heavy (non-hydrogen) atoms. The predicted molar refractivity (Wildman–Crippen MR) is 64.6 cm³/mol. The van der Waals surface area contributed by atoms with E-state index in [4.69, 9.17) is 5.11 Å².